The van der Waals surface area contributed by atoms with Crippen molar-refractivity contribution in [2.75, 3.05) is 6.54 Å². The van der Waals surface area contributed by atoms with E-state index in [0.29, 0.717) is 6.54 Å². The molecule has 2 heterocycles. The molecular formula is C14H17N5. The third-order valence-corrected chi connectivity index (χ3v) is 3.24. The molecule has 0 amide bonds. The Morgan fingerprint density at radius 3 is 2.84 bits per heavy atom. The molecular weight excluding hydrogens is 238 g/mol. The minimum absolute atomic E-state index is 0.619. The molecule has 0 atom stereocenters. The van der Waals surface area contributed by atoms with Crippen LogP contribution in [0.2, 0.25) is 0 Å². The lowest BCUT2D eigenvalue weighted by atomic mass is 10.3. The number of nitrogens with two attached hydrogens (primary N) is 1. The molecule has 2 N–H and O–H groups in total. The molecule has 19 heavy (non-hydrogen) atoms. The first-order valence-corrected chi connectivity index (χ1v) is 6.48. The maximum atomic E-state index is 5.67. The lowest BCUT2D eigenvalue weighted by Crippen LogP contribution is -2.13. The van der Waals surface area contributed by atoms with E-state index in [1.807, 2.05) is 30.7 Å². The summed E-state index contributed by atoms with van der Waals surface area (Å²) >= 11 is 0. The second-order valence-electron chi connectivity index (χ2n) is 4.51. The van der Waals surface area contributed by atoms with Gasteiger partial charge in [-0.1, -0.05) is 12.1 Å². The molecule has 0 saturated carbocycles. The highest BCUT2D eigenvalue weighted by atomic mass is 15.1. The van der Waals surface area contributed by atoms with Crippen molar-refractivity contribution in [1.29, 1.82) is 0 Å². The summed E-state index contributed by atoms with van der Waals surface area (Å²) in [4.78, 5) is 8.72. The maximum Gasteiger partial charge on any atom is 0.111 e. The van der Waals surface area contributed by atoms with E-state index in [1.165, 1.54) is 5.52 Å². The van der Waals surface area contributed by atoms with Crippen molar-refractivity contribution < 1.29 is 0 Å². The number of aromatic nitrogens is 4. The van der Waals surface area contributed by atoms with Gasteiger partial charge in [-0.2, -0.15) is 0 Å². The van der Waals surface area contributed by atoms with Gasteiger partial charge in [-0.3, -0.25) is 0 Å². The summed E-state index contributed by atoms with van der Waals surface area (Å²) in [7, 11) is 0. The molecule has 0 saturated heterocycles. The van der Waals surface area contributed by atoms with Crippen molar-refractivity contribution >= 4 is 11.0 Å². The second kappa shape index (κ2) is 5.24. The number of hydrogen-bond donors (Lipinski definition) is 1. The first-order valence-electron chi connectivity index (χ1n) is 6.48. The number of nitrogens with zero attached hydrogens (tertiary/aromatic N) is 4. The smallest absolute Gasteiger partial charge is 0.111 e. The van der Waals surface area contributed by atoms with E-state index >= 15 is 0 Å². The molecule has 2 aromatic heterocycles. The molecule has 3 rings (SSSR count). The summed E-state index contributed by atoms with van der Waals surface area (Å²) in [5.41, 5.74) is 7.88. The predicted molar refractivity (Wildman–Crippen MR) is 74.7 cm³/mol. The third kappa shape index (κ3) is 2.37. The number of hydrogen-bond acceptors (Lipinski definition) is 3. The Bertz CT molecular complexity index is 654. The Hall–Kier alpha value is -2.14. The zero-order chi connectivity index (χ0) is 13.1. The summed E-state index contributed by atoms with van der Waals surface area (Å²) in [6, 6.07) is 8.21. The summed E-state index contributed by atoms with van der Waals surface area (Å²) in [6.07, 6.45) is 6.41. The minimum Gasteiger partial charge on any atom is -0.336 e. The number of benzene rings is 1. The number of para-hydroxylation sites is 2. The molecule has 0 bridgehead atoms. The largest absolute Gasteiger partial charge is 0.336 e. The molecule has 5 heteroatoms. The van der Waals surface area contributed by atoms with Crippen LogP contribution < -0.4 is 5.73 Å². The SMILES string of the molecule is NCCc1nc2ccccc2n1CCn1ccnc1. The van der Waals surface area contributed by atoms with Gasteiger partial charge < -0.3 is 14.9 Å². The van der Waals surface area contributed by atoms with Gasteiger partial charge in [0.25, 0.3) is 0 Å². The number of rotatable bonds is 5. The fourth-order valence-electron chi connectivity index (χ4n) is 2.33. The molecule has 5 nitrogen and oxygen atoms in total. The van der Waals surface area contributed by atoms with Crippen LogP contribution in [0.4, 0.5) is 0 Å². The van der Waals surface area contributed by atoms with Gasteiger partial charge >= 0.3 is 0 Å². The van der Waals surface area contributed by atoms with Crippen molar-refractivity contribution in [2.24, 2.45) is 5.73 Å². The Morgan fingerprint density at radius 1 is 1.16 bits per heavy atom. The molecule has 0 unspecified atom stereocenters. The molecule has 3 aromatic rings. The van der Waals surface area contributed by atoms with Gasteiger partial charge in [0.05, 0.1) is 17.4 Å². The fraction of sp³-hybridized carbons (Fsp3) is 0.286. The van der Waals surface area contributed by atoms with Gasteiger partial charge in [0.15, 0.2) is 0 Å². The van der Waals surface area contributed by atoms with Crippen LogP contribution >= 0.6 is 0 Å². The normalized spacial score (nSPS) is 11.2. The Morgan fingerprint density at radius 2 is 2.05 bits per heavy atom. The first kappa shape index (κ1) is 11.9. The third-order valence-electron chi connectivity index (χ3n) is 3.24. The van der Waals surface area contributed by atoms with Crippen LogP contribution in [0.15, 0.2) is 43.0 Å². The molecule has 0 spiro atoms. The van der Waals surface area contributed by atoms with Crippen LogP contribution in [0.25, 0.3) is 11.0 Å². The lowest BCUT2D eigenvalue weighted by molar-refractivity contribution is 0.569. The van der Waals surface area contributed by atoms with E-state index in [1.54, 1.807) is 6.20 Å². The van der Waals surface area contributed by atoms with E-state index in [9.17, 15) is 0 Å². The van der Waals surface area contributed by atoms with Crippen LogP contribution in [0, 0.1) is 0 Å². The molecule has 0 aliphatic heterocycles. The van der Waals surface area contributed by atoms with Crippen molar-refractivity contribution in [1.82, 2.24) is 19.1 Å². The minimum atomic E-state index is 0.619. The van der Waals surface area contributed by atoms with Crippen molar-refractivity contribution in [3.05, 3.63) is 48.8 Å². The van der Waals surface area contributed by atoms with Gasteiger partial charge in [-0.05, 0) is 18.7 Å². The van der Waals surface area contributed by atoms with E-state index in [-0.39, 0.29) is 0 Å². The number of aryl methyl sites for hydroxylation is 2. The quantitative estimate of drug-likeness (QED) is 0.750. The highest BCUT2D eigenvalue weighted by molar-refractivity contribution is 5.75. The van der Waals surface area contributed by atoms with Crippen LogP contribution in [-0.4, -0.2) is 25.6 Å². The Labute approximate surface area is 111 Å². The van der Waals surface area contributed by atoms with E-state index in [4.69, 9.17) is 5.73 Å². The van der Waals surface area contributed by atoms with E-state index in [2.05, 4.69) is 25.2 Å². The Balaban J connectivity index is 1.92. The highest BCUT2D eigenvalue weighted by Crippen LogP contribution is 2.16. The van der Waals surface area contributed by atoms with Crippen LogP contribution in [0.1, 0.15) is 5.82 Å². The fourth-order valence-corrected chi connectivity index (χ4v) is 2.33. The Kier molecular flexibility index (Phi) is 3.29. The number of imidazole rings is 2. The lowest BCUT2D eigenvalue weighted by Gasteiger charge is -2.09. The zero-order valence-corrected chi connectivity index (χ0v) is 10.7. The molecule has 0 aliphatic rings. The molecule has 1 aromatic carbocycles. The van der Waals surface area contributed by atoms with Crippen molar-refractivity contribution in [3.8, 4) is 0 Å². The van der Waals surface area contributed by atoms with Crippen LogP contribution in [0.3, 0.4) is 0 Å². The predicted octanol–water partition coefficient (Wildman–Crippen LogP) is 1.43. The van der Waals surface area contributed by atoms with E-state index in [0.717, 1.165) is 30.9 Å². The zero-order valence-electron chi connectivity index (χ0n) is 10.7. The molecule has 0 fully saturated rings. The summed E-state index contributed by atoms with van der Waals surface area (Å²) in [6.45, 7) is 2.39. The van der Waals surface area contributed by atoms with Gasteiger partial charge in [-0.15, -0.1) is 0 Å². The van der Waals surface area contributed by atoms with Gasteiger partial charge in [0.2, 0.25) is 0 Å². The highest BCUT2D eigenvalue weighted by Gasteiger charge is 2.09. The van der Waals surface area contributed by atoms with Crippen LogP contribution in [0.5, 0.6) is 0 Å². The van der Waals surface area contributed by atoms with E-state index < -0.39 is 0 Å². The first-order chi connectivity index (χ1) is 9.38. The maximum absolute atomic E-state index is 5.67. The average Bonchev–Trinajstić information content (AvgIpc) is 3.04. The molecule has 98 valence electrons. The van der Waals surface area contributed by atoms with Crippen molar-refractivity contribution in [3.63, 3.8) is 0 Å². The van der Waals surface area contributed by atoms with Gasteiger partial charge in [-0.25, -0.2) is 9.97 Å². The monoisotopic (exact) mass is 255 g/mol. The number of fused-ring (bicyclic) bond motifs is 1. The molecule has 0 radical (unpaired) electrons. The van der Waals surface area contributed by atoms with Gasteiger partial charge in [0.1, 0.15) is 5.82 Å². The summed E-state index contributed by atoms with van der Waals surface area (Å²) in [5.74, 6) is 1.06. The average molecular weight is 255 g/mol. The standard InChI is InChI=1S/C14H17N5/c15-6-5-14-17-12-3-1-2-4-13(12)19(14)10-9-18-8-7-16-11-18/h1-4,7-8,11H,5-6,9-10,15H2. The summed E-state index contributed by atoms with van der Waals surface area (Å²) < 4.78 is 4.32. The van der Waals surface area contributed by atoms with Crippen molar-refractivity contribution in [2.45, 2.75) is 19.5 Å². The van der Waals surface area contributed by atoms with Gasteiger partial charge in [0, 0.05) is 31.9 Å². The summed E-state index contributed by atoms with van der Waals surface area (Å²) in [5, 5.41) is 0. The second-order valence-corrected chi connectivity index (χ2v) is 4.51. The molecule has 0 aliphatic carbocycles. The topological polar surface area (TPSA) is 61.7 Å². The van der Waals surface area contributed by atoms with Crippen LogP contribution in [-0.2, 0) is 19.5 Å².